The second-order valence-electron chi connectivity index (χ2n) is 7.81. The van der Waals surface area contributed by atoms with Gasteiger partial charge in [0.1, 0.15) is 11.8 Å². The lowest BCUT2D eigenvalue weighted by molar-refractivity contribution is -0.148. The Kier molecular flexibility index (Phi) is 6.29. The first kappa shape index (κ1) is 22.7. The first-order valence-corrected chi connectivity index (χ1v) is 10.4. The van der Waals surface area contributed by atoms with E-state index in [2.05, 4.69) is 17.1 Å². The SMILES string of the molecule is Cc1oc(-c2ccc(C(F)(F)F)cc2)nc1CCOc1c#ccc(CN2CC[C@@H]2C(=O)O)c1. The van der Waals surface area contributed by atoms with E-state index in [1.807, 2.05) is 4.90 Å². The lowest BCUT2D eigenvalue weighted by Crippen LogP contribution is -2.51. The lowest BCUT2D eigenvalue weighted by Gasteiger charge is -2.37. The third kappa shape index (κ3) is 5.29. The highest BCUT2D eigenvalue weighted by Gasteiger charge is 2.33. The van der Waals surface area contributed by atoms with Crippen molar-refractivity contribution in [2.24, 2.45) is 0 Å². The molecule has 2 heterocycles. The van der Waals surface area contributed by atoms with E-state index < -0.39 is 23.8 Å². The van der Waals surface area contributed by atoms with E-state index in [-0.39, 0.29) is 12.5 Å². The smallest absolute Gasteiger partial charge is 0.416 e. The van der Waals surface area contributed by atoms with Crippen LogP contribution in [0.2, 0.25) is 0 Å². The van der Waals surface area contributed by atoms with Crippen LogP contribution in [0, 0.1) is 19.1 Å². The summed E-state index contributed by atoms with van der Waals surface area (Å²) in [7, 11) is 0. The molecule has 0 aliphatic carbocycles. The van der Waals surface area contributed by atoms with Crippen LogP contribution in [0.1, 0.15) is 29.0 Å². The van der Waals surface area contributed by atoms with Gasteiger partial charge < -0.3 is 14.3 Å². The third-order valence-corrected chi connectivity index (χ3v) is 5.52. The summed E-state index contributed by atoms with van der Waals surface area (Å²) in [5, 5.41) is 9.16. The number of carboxylic acids is 1. The molecule has 4 rings (SSSR count). The van der Waals surface area contributed by atoms with E-state index in [9.17, 15) is 18.0 Å². The van der Waals surface area contributed by atoms with Crippen molar-refractivity contribution in [2.45, 2.75) is 38.5 Å². The molecule has 1 fully saturated rings. The van der Waals surface area contributed by atoms with Gasteiger partial charge in [0.25, 0.3) is 0 Å². The summed E-state index contributed by atoms with van der Waals surface area (Å²) < 4.78 is 49.6. The highest BCUT2D eigenvalue weighted by molar-refractivity contribution is 5.74. The molecule has 0 bridgehead atoms. The Hall–Kier alpha value is -3.51. The second kappa shape index (κ2) is 9.16. The Bertz CT molecular complexity index is 1130. The highest BCUT2D eigenvalue weighted by Crippen LogP contribution is 2.31. The normalized spacial score (nSPS) is 16.2. The van der Waals surface area contributed by atoms with Crippen molar-refractivity contribution < 1.29 is 32.2 Å². The number of aromatic nitrogens is 1. The highest BCUT2D eigenvalue weighted by atomic mass is 19.4. The number of carboxylic acid groups (broad SMARTS) is 1. The Labute approximate surface area is 188 Å². The molecule has 33 heavy (non-hydrogen) atoms. The summed E-state index contributed by atoms with van der Waals surface area (Å²) in [6.07, 6.45) is -3.32. The minimum atomic E-state index is -4.40. The predicted octanol–water partition coefficient (Wildman–Crippen LogP) is 4.55. The molecule has 172 valence electrons. The number of oxazole rings is 1. The molecule has 6 nitrogen and oxygen atoms in total. The third-order valence-electron chi connectivity index (χ3n) is 5.52. The number of alkyl halides is 3. The van der Waals surface area contributed by atoms with Crippen molar-refractivity contribution in [3.63, 3.8) is 0 Å². The molecule has 3 aromatic rings. The summed E-state index contributed by atoms with van der Waals surface area (Å²) >= 11 is 0. The maximum Gasteiger partial charge on any atom is 0.416 e. The number of likely N-dealkylation sites (tertiary alicyclic amines) is 1. The van der Waals surface area contributed by atoms with Crippen LogP contribution in [-0.2, 0) is 23.9 Å². The van der Waals surface area contributed by atoms with Crippen LogP contribution in [-0.4, -0.2) is 40.2 Å². The van der Waals surface area contributed by atoms with Gasteiger partial charge in [0.05, 0.1) is 17.9 Å². The van der Waals surface area contributed by atoms with E-state index in [1.165, 1.54) is 12.1 Å². The van der Waals surface area contributed by atoms with Gasteiger partial charge in [-0.15, -0.1) is 0 Å². The lowest BCUT2D eigenvalue weighted by atomic mass is 10.0. The van der Waals surface area contributed by atoms with Crippen molar-refractivity contribution >= 4 is 5.97 Å². The predicted molar refractivity (Wildman–Crippen MR) is 111 cm³/mol. The van der Waals surface area contributed by atoms with E-state index >= 15 is 0 Å². The Morgan fingerprint density at radius 2 is 2.09 bits per heavy atom. The second-order valence-corrected chi connectivity index (χ2v) is 7.81. The van der Waals surface area contributed by atoms with Crippen molar-refractivity contribution in [3.8, 4) is 17.2 Å². The molecule has 1 atom stereocenters. The average molecular weight is 458 g/mol. The molecule has 1 aliphatic heterocycles. The van der Waals surface area contributed by atoms with Crippen LogP contribution in [0.3, 0.4) is 0 Å². The van der Waals surface area contributed by atoms with Crippen molar-refractivity contribution in [2.75, 3.05) is 13.2 Å². The molecular formula is C24H21F3N2O4. The fourth-order valence-electron chi connectivity index (χ4n) is 3.60. The molecule has 1 N–H and O–H groups in total. The van der Waals surface area contributed by atoms with Gasteiger partial charge in [0, 0.05) is 25.1 Å². The molecule has 9 heteroatoms. The number of ether oxygens (including phenoxy) is 1. The molecular weight excluding hydrogens is 437 g/mol. The topological polar surface area (TPSA) is 75.8 Å². The van der Waals surface area contributed by atoms with Gasteiger partial charge in [-0.1, -0.05) is 6.07 Å². The quantitative estimate of drug-likeness (QED) is 0.534. The first-order chi connectivity index (χ1) is 15.7. The largest absolute Gasteiger partial charge is 0.485 e. The van der Waals surface area contributed by atoms with E-state index in [0.717, 1.165) is 24.2 Å². The minimum Gasteiger partial charge on any atom is -0.485 e. The monoisotopic (exact) mass is 458 g/mol. The molecule has 1 aliphatic rings. The van der Waals surface area contributed by atoms with Gasteiger partial charge >= 0.3 is 12.1 Å². The molecule has 0 unspecified atom stereocenters. The molecule has 0 spiro atoms. The number of rotatable bonds is 8. The van der Waals surface area contributed by atoms with E-state index in [0.29, 0.717) is 42.2 Å². The number of benzene rings is 1. The summed E-state index contributed by atoms with van der Waals surface area (Å²) in [6, 6.07) is 13.5. The van der Waals surface area contributed by atoms with Crippen LogP contribution in [0.25, 0.3) is 11.5 Å². The summed E-state index contributed by atoms with van der Waals surface area (Å²) in [5.74, 6) is 0.489. The zero-order chi connectivity index (χ0) is 23.6. The fraction of sp³-hybridized carbons (Fsp3) is 0.333. The van der Waals surface area contributed by atoms with Crippen LogP contribution >= 0.6 is 0 Å². The van der Waals surface area contributed by atoms with Gasteiger partial charge in [-0.3, -0.25) is 9.69 Å². The van der Waals surface area contributed by atoms with Crippen LogP contribution < -0.4 is 4.74 Å². The molecule has 0 saturated carbocycles. The zero-order valence-corrected chi connectivity index (χ0v) is 17.8. The van der Waals surface area contributed by atoms with E-state index in [1.54, 1.807) is 19.1 Å². The molecule has 1 saturated heterocycles. The molecule has 0 amide bonds. The van der Waals surface area contributed by atoms with Gasteiger partial charge in [-0.05, 0) is 61.4 Å². The number of hydrogen-bond acceptors (Lipinski definition) is 5. The van der Waals surface area contributed by atoms with Gasteiger partial charge in [0.2, 0.25) is 5.89 Å². The Morgan fingerprint density at radius 3 is 2.73 bits per heavy atom. The number of carbonyl (C=O) groups is 1. The zero-order valence-electron chi connectivity index (χ0n) is 17.8. The van der Waals surface area contributed by atoms with Gasteiger partial charge in [-0.2, -0.15) is 13.2 Å². The van der Waals surface area contributed by atoms with Crippen molar-refractivity contribution in [1.82, 2.24) is 9.88 Å². The number of aliphatic carboxylic acids is 1. The van der Waals surface area contributed by atoms with Crippen LogP contribution in [0.5, 0.6) is 5.75 Å². The van der Waals surface area contributed by atoms with E-state index in [4.69, 9.17) is 14.3 Å². The number of hydrogen-bond donors (Lipinski definition) is 1. The maximum atomic E-state index is 12.7. The summed E-state index contributed by atoms with van der Waals surface area (Å²) in [6.45, 7) is 3.26. The maximum absolute atomic E-state index is 12.7. The molecule has 0 radical (unpaired) electrons. The average Bonchev–Trinajstić information content (AvgIpc) is 3.11. The Balaban J connectivity index is 1.34. The number of halogens is 3. The van der Waals surface area contributed by atoms with Crippen molar-refractivity contribution in [3.05, 3.63) is 71.1 Å². The molecule has 1 aromatic heterocycles. The minimum absolute atomic E-state index is 0.251. The number of nitrogens with zero attached hydrogens (tertiary/aromatic N) is 2. The first-order valence-electron chi connectivity index (χ1n) is 10.4. The summed E-state index contributed by atoms with van der Waals surface area (Å²) in [4.78, 5) is 17.4. The number of aryl methyl sites for hydroxylation is 1. The molecule has 2 aromatic carbocycles. The van der Waals surface area contributed by atoms with Gasteiger partial charge in [-0.25, -0.2) is 4.98 Å². The van der Waals surface area contributed by atoms with Crippen molar-refractivity contribution in [1.29, 1.82) is 0 Å². The standard InChI is InChI=1S/C24H21F3N2O4/c1-15-20(28-22(33-15)17-5-7-18(8-6-17)24(25,26)27)10-12-32-19-4-2-3-16(13-19)14-29-11-9-21(29)23(30)31/h3,5-8,13,21H,9-12,14H2,1H3,(H,30,31)/t21-/m1/s1. The van der Waals surface area contributed by atoms with Crippen LogP contribution in [0.15, 0.2) is 40.8 Å². The van der Waals surface area contributed by atoms with Gasteiger partial charge in [0.15, 0.2) is 5.75 Å². The van der Waals surface area contributed by atoms with Crippen LogP contribution in [0.4, 0.5) is 13.2 Å². The Morgan fingerprint density at radius 1 is 1.33 bits per heavy atom. The fourth-order valence-corrected chi connectivity index (χ4v) is 3.60. The summed E-state index contributed by atoms with van der Waals surface area (Å²) in [5.41, 5.74) is 1.26.